The van der Waals surface area contributed by atoms with Gasteiger partial charge in [-0.2, -0.15) is 0 Å². The van der Waals surface area contributed by atoms with Crippen molar-refractivity contribution < 1.29 is 4.79 Å². The predicted octanol–water partition coefficient (Wildman–Crippen LogP) is 3.80. The Kier molecular flexibility index (Phi) is 4.56. The van der Waals surface area contributed by atoms with Crippen LogP contribution in [0, 0.1) is 0 Å². The van der Waals surface area contributed by atoms with Crippen molar-refractivity contribution in [2.45, 2.75) is 31.1 Å². The minimum Gasteiger partial charge on any atom is -0.348 e. The van der Waals surface area contributed by atoms with E-state index in [1.54, 1.807) is 0 Å². The Morgan fingerprint density at radius 3 is 2.56 bits per heavy atom. The third kappa shape index (κ3) is 3.91. The Morgan fingerprint density at radius 2 is 2.06 bits per heavy atom. The number of halogens is 2. The van der Waals surface area contributed by atoms with E-state index in [1.165, 1.54) is 0 Å². The number of amides is 1. The van der Waals surface area contributed by atoms with Gasteiger partial charge in [-0.25, -0.2) is 0 Å². The zero-order valence-electron chi connectivity index (χ0n) is 9.55. The molecule has 1 aromatic rings. The highest BCUT2D eigenvalue weighted by Gasteiger charge is 2.24. The fourth-order valence-corrected chi connectivity index (χ4v) is 1.76. The van der Waals surface area contributed by atoms with Gasteiger partial charge in [0.2, 0.25) is 5.91 Å². The van der Waals surface area contributed by atoms with Crippen molar-refractivity contribution in [3.05, 3.63) is 34.3 Å². The van der Waals surface area contributed by atoms with E-state index in [9.17, 15) is 4.79 Å². The summed E-state index contributed by atoms with van der Waals surface area (Å²) < 4.78 is 0.483. The van der Waals surface area contributed by atoms with E-state index in [0.29, 0.717) is 0 Å². The largest absolute Gasteiger partial charge is 0.348 e. The molecule has 1 amide bonds. The van der Waals surface area contributed by atoms with Gasteiger partial charge >= 0.3 is 0 Å². The zero-order chi connectivity index (χ0) is 12.3. The highest BCUT2D eigenvalue weighted by molar-refractivity contribution is 9.10. The van der Waals surface area contributed by atoms with Crippen molar-refractivity contribution >= 4 is 37.8 Å². The summed E-state index contributed by atoms with van der Waals surface area (Å²) in [5, 5.41) is 2.96. The van der Waals surface area contributed by atoms with Crippen LogP contribution in [-0.2, 0) is 4.79 Å². The molecule has 1 atom stereocenters. The van der Waals surface area contributed by atoms with Gasteiger partial charge in [-0.05, 0) is 38.5 Å². The van der Waals surface area contributed by atoms with E-state index in [2.05, 4.69) is 37.2 Å². The number of carbonyl (C=O) groups excluding carboxylic acids is 1. The van der Waals surface area contributed by atoms with Crippen molar-refractivity contribution in [2.75, 3.05) is 0 Å². The summed E-state index contributed by atoms with van der Waals surface area (Å²) in [5.41, 5.74) is 1.08. The molecule has 0 unspecified atom stereocenters. The summed E-state index contributed by atoms with van der Waals surface area (Å²) in [5.74, 6) is -0.0139. The standard InChI is InChI=1S/C12H15Br2NO/c1-8(15-11(16)12(2,3)14)9-5-4-6-10(13)7-9/h4-8H,1-3H3,(H,15,16)/t8-/m0/s1. The van der Waals surface area contributed by atoms with Gasteiger partial charge in [-0.3, -0.25) is 4.79 Å². The summed E-state index contributed by atoms with van der Waals surface area (Å²) in [7, 11) is 0. The Hall–Kier alpha value is -0.350. The molecule has 0 saturated heterocycles. The van der Waals surface area contributed by atoms with Crippen LogP contribution in [0.4, 0.5) is 0 Å². The van der Waals surface area contributed by atoms with Crippen LogP contribution in [0.15, 0.2) is 28.7 Å². The second-order valence-electron chi connectivity index (χ2n) is 4.22. The first-order valence-corrected chi connectivity index (χ1v) is 6.64. The van der Waals surface area contributed by atoms with Gasteiger partial charge in [0.1, 0.15) is 0 Å². The van der Waals surface area contributed by atoms with Crippen LogP contribution in [0.25, 0.3) is 0 Å². The molecule has 0 fully saturated rings. The molecule has 0 aliphatic carbocycles. The molecule has 0 saturated carbocycles. The number of hydrogen-bond acceptors (Lipinski definition) is 1. The number of benzene rings is 1. The molecule has 0 aliphatic rings. The van der Waals surface area contributed by atoms with Crippen molar-refractivity contribution in [1.82, 2.24) is 5.32 Å². The maximum Gasteiger partial charge on any atom is 0.236 e. The summed E-state index contributed by atoms with van der Waals surface area (Å²) >= 11 is 6.75. The average Bonchev–Trinajstić information content (AvgIpc) is 2.16. The van der Waals surface area contributed by atoms with Gasteiger partial charge in [0, 0.05) is 4.47 Å². The second-order valence-corrected chi connectivity index (χ2v) is 7.12. The topological polar surface area (TPSA) is 29.1 Å². The molecule has 0 radical (unpaired) electrons. The summed E-state index contributed by atoms with van der Waals surface area (Å²) in [6.07, 6.45) is 0. The van der Waals surface area contributed by atoms with E-state index < -0.39 is 4.32 Å². The molecule has 1 rings (SSSR count). The number of rotatable bonds is 3. The summed E-state index contributed by atoms with van der Waals surface area (Å²) in [6, 6.07) is 7.93. The van der Waals surface area contributed by atoms with Gasteiger partial charge in [0.15, 0.2) is 0 Å². The fourth-order valence-electron chi connectivity index (χ4n) is 1.23. The van der Waals surface area contributed by atoms with E-state index in [-0.39, 0.29) is 11.9 Å². The first kappa shape index (κ1) is 13.7. The molecule has 2 nitrogen and oxygen atoms in total. The number of nitrogens with one attached hydrogen (secondary N) is 1. The molecule has 88 valence electrons. The second kappa shape index (κ2) is 5.32. The van der Waals surface area contributed by atoms with Crippen LogP contribution in [0.1, 0.15) is 32.4 Å². The van der Waals surface area contributed by atoms with Gasteiger partial charge in [-0.15, -0.1) is 0 Å². The van der Waals surface area contributed by atoms with Gasteiger partial charge < -0.3 is 5.32 Å². The molecule has 4 heteroatoms. The van der Waals surface area contributed by atoms with E-state index in [0.717, 1.165) is 10.0 Å². The Labute approximate surface area is 113 Å². The van der Waals surface area contributed by atoms with E-state index in [1.807, 2.05) is 45.0 Å². The molecule has 0 aliphatic heterocycles. The van der Waals surface area contributed by atoms with E-state index in [4.69, 9.17) is 0 Å². The first-order valence-electron chi connectivity index (χ1n) is 5.06. The quantitative estimate of drug-likeness (QED) is 0.827. The van der Waals surface area contributed by atoms with Crippen molar-refractivity contribution in [2.24, 2.45) is 0 Å². The van der Waals surface area contributed by atoms with Gasteiger partial charge in [0.25, 0.3) is 0 Å². The third-order valence-electron chi connectivity index (χ3n) is 2.24. The minimum atomic E-state index is -0.534. The lowest BCUT2D eigenvalue weighted by Crippen LogP contribution is -2.38. The zero-order valence-corrected chi connectivity index (χ0v) is 12.7. The number of carbonyl (C=O) groups is 1. The van der Waals surface area contributed by atoms with Crippen LogP contribution >= 0.6 is 31.9 Å². The lowest BCUT2D eigenvalue weighted by Gasteiger charge is -2.20. The number of alkyl halides is 1. The molecule has 0 aromatic heterocycles. The third-order valence-corrected chi connectivity index (χ3v) is 3.09. The SMILES string of the molecule is C[C@H](NC(=O)C(C)(C)Br)c1cccc(Br)c1. The van der Waals surface area contributed by atoms with Crippen LogP contribution in [0.5, 0.6) is 0 Å². The maximum absolute atomic E-state index is 11.8. The van der Waals surface area contributed by atoms with E-state index >= 15 is 0 Å². The smallest absolute Gasteiger partial charge is 0.236 e. The molecule has 16 heavy (non-hydrogen) atoms. The monoisotopic (exact) mass is 347 g/mol. The summed E-state index contributed by atoms with van der Waals surface area (Å²) in [6.45, 7) is 5.63. The summed E-state index contributed by atoms with van der Waals surface area (Å²) in [4.78, 5) is 11.8. The lowest BCUT2D eigenvalue weighted by molar-refractivity contribution is -0.123. The first-order chi connectivity index (χ1) is 7.30. The maximum atomic E-state index is 11.8. The molecule has 0 bridgehead atoms. The highest BCUT2D eigenvalue weighted by atomic mass is 79.9. The van der Waals surface area contributed by atoms with Crippen molar-refractivity contribution in [3.8, 4) is 0 Å². The van der Waals surface area contributed by atoms with Crippen molar-refractivity contribution in [1.29, 1.82) is 0 Å². The predicted molar refractivity (Wildman–Crippen MR) is 73.7 cm³/mol. The molecule has 0 spiro atoms. The van der Waals surface area contributed by atoms with Gasteiger partial charge in [-0.1, -0.05) is 44.0 Å². The molecular weight excluding hydrogens is 334 g/mol. The highest BCUT2D eigenvalue weighted by Crippen LogP contribution is 2.21. The van der Waals surface area contributed by atoms with Crippen molar-refractivity contribution in [3.63, 3.8) is 0 Å². The molecule has 0 heterocycles. The molecule has 1 N–H and O–H groups in total. The van der Waals surface area contributed by atoms with Crippen LogP contribution in [0.3, 0.4) is 0 Å². The van der Waals surface area contributed by atoms with Crippen LogP contribution in [-0.4, -0.2) is 10.2 Å². The van der Waals surface area contributed by atoms with Gasteiger partial charge in [0.05, 0.1) is 10.4 Å². The normalized spacial score (nSPS) is 13.3. The molecule has 1 aromatic carbocycles. The average molecular weight is 349 g/mol. The lowest BCUT2D eigenvalue weighted by atomic mass is 10.1. The van der Waals surface area contributed by atoms with Crippen LogP contribution in [0.2, 0.25) is 0 Å². The van der Waals surface area contributed by atoms with Crippen LogP contribution < -0.4 is 5.32 Å². The number of hydrogen-bond donors (Lipinski definition) is 1. The Bertz CT molecular complexity index is 385. The minimum absolute atomic E-state index is 0.00169. The molecular formula is C12H15Br2NO. The fraction of sp³-hybridized carbons (Fsp3) is 0.417. The Balaban J connectivity index is 2.73. The Morgan fingerprint density at radius 1 is 1.44 bits per heavy atom.